The van der Waals surface area contributed by atoms with E-state index < -0.39 is 0 Å². The standard InChI is InChI=1S/C20H34N4/c1-3-21-20(22-14-10-18-8-6-5-7-9-18)23-15-11-19-12-16-24(4-2)17-13-19/h5-9,19H,3-4,10-17H2,1-2H3,(H2,21,22,23). The predicted octanol–water partition coefficient (Wildman–Crippen LogP) is 2.91. The molecule has 0 bridgehead atoms. The van der Waals surface area contributed by atoms with Gasteiger partial charge in [0.2, 0.25) is 0 Å². The van der Waals surface area contributed by atoms with E-state index in [-0.39, 0.29) is 0 Å². The van der Waals surface area contributed by atoms with E-state index >= 15 is 0 Å². The van der Waals surface area contributed by atoms with E-state index in [0.29, 0.717) is 0 Å². The molecule has 0 unspecified atom stereocenters. The van der Waals surface area contributed by atoms with Gasteiger partial charge >= 0.3 is 0 Å². The highest BCUT2D eigenvalue weighted by molar-refractivity contribution is 5.79. The van der Waals surface area contributed by atoms with Crippen LogP contribution in [0.2, 0.25) is 0 Å². The van der Waals surface area contributed by atoms with Gasteiger partial charge < -0.3 is 15.5 Å². The Morgan fingerprint density at radius 1 is 1.12 bits per heavy atom. The van der Waals surface area contributed by atoms with Gasteiger partial charge in [-0.1, -0.05) is 37.3 Å². The summed E-state index contributed by atoms with van der Waals surface area (Å²) >= 11 is 0. The second kappa shape index (κ2) is 11.1. The first-order valence-electron chi connectivity index (χ1n) is 9.60. The van der Waals surface area contributed by atoms with Crippen molar-refractivity contribution in [3.8, 4) is 0 Å². The molecule has 0 aliphatic carbocycles. The first-order chi connectivity index (χ1) is 11.8. The fraction of sp³-hybridized carbons (Fsp3) is 0.650. The molecular weight excluding hydrogens is 296 g/mol. The minimum atomic E-state index is 0.851. The number of hydrogen-bond donors (Lipinski definition) is 2. The maximum Gasteiger partial charge on any atom is 0.191 e. The van der Waals surface area contributed by atoms with Gasteiger partial charge in [0, 0.05) is 19.6 Å². The monoisotopic (exact) mass is 330 g/mol. The number of aliphatic imine (C=N–C) groups is 1. The van der Waals surface area contributed by atoms with Crippen LogP contribution in [-0.4, -0.2) is 50.1 Å². The van der Waals surface area contributed by atoms with Crippen LogP contribution in [0.1, 0.15) is 38.7 Å². The molecule has 2 rings (SSSR count). The quantitative estimate of drug-likeness (QED) is 0.569. The van der Waals surface area contributed by atoms with Crippen LogP contribution in [0.5, 0.6) is 0 Å². The first-order valence-corrected chi connectivity index (χ1v) is 9.60. The third-order valence-electron chi connectivity index (χ3n) is 4.85. The Kier molecular flexibility index (Phi) is 8.67. The summed E-state index contributed by atoms with van der Waals surface area (Å²) in [5, 5.41) is 6.81. The summed E-state index contributed by atoms with van der Waals surface area (Å²) in [5.41, 5.74) is 1.36. The maximum atomic E-state index is 4.76. The van der Waals surface area contributed by atoms with Gasteiger partial charge in [0.05, 0.1) is 0 Å². The molecule has 0 atom stereocenters. The highest BCUT2D eigenvalue weighted by Gasteiger charge is 2.17. The van der Waals surface area contributed by atoms with Gasteiger partial charge in [-0.15, -0.1) is 0 Å². The van der Waals surface area contributed by atoms with E-state index in [1.165, 1.54) is 44.5 Å². The maximum absolute atomic E-state index is 4.76. The summed E-state index contributed by atoms with van der Waals surface area (Å²) in [6.45, 7) is 10.9. The lowest BCUT2D eigenvalue weighted by atomic mass is 9.94. The normalized spacial score (nSPS) is 17.0. The molecule has 24 heavy (non-hydrogen) atoms. The number of guanidine groups is 1. The van der Waals surface area contributed by atoms with Gasteiger partial charge in [-0.2, -0.15) is 0 Å². The fourth-order valence-corrected chi connectivity index (χ4v) is 3.26. The number of hydrogen-bond acceptors (Lipinski definition) is 2. The van der Waals surface area contributed by atoms with Gasteiger partial charge in [-0.3, -0.25) is 4.99 Å². The Morgan fingerprint density at radius 3 is 2.54 bits per heavy atom. The molecular formula is C20H34N4. The molecule has 134 valence electrons. The van der Waals surface area contributed by atoms with Gasteiger partial charge in [-0.25, -0.2) is 0 Å². The lowest BCUT2D eigenvalue weighted by Gasteiger charge is -2.30. The van der Waals surface area contributed by atoms with Crippen LogP contribution < -0.4 is 10.6 Å². The molecule has 4 heteroatoms. The molecule has 1 heterocycles. The Morgan fingerprint density at radius 2 is 1.88 bits per heavy atom. The van der Waals surface area contributed by atoms with Crippen molar-refractivity contribution in [2.45, 2.75) is 39.5 Å². The summed E-state index contributed by atoms with van der Waals surface area (Å²) in [6, 6.07) is 10.6. The van der Waals surface area contributed by atoms with E-state index in [9.17, 15) is 0 Å². The van der Waals surface area contributed by atoms with E-state index in [2.05, 4.69) is 59.7 Å². The zero-order valence-electron chi connectivity index (χ0n) is 15.4. The van der Waals surface area contributed by atoms with Crippen molar-refractivity contribution in [3.05, 3.63) is 35.9 Å². The van der Waals surface area contributed by atoms with Crippen molar-refractivity contribution >= 4 is 5.96 Å². The summed E-state index contributed by atoms with van der Waals surface area (Å²) < 4.78 is 0. The largest absolute Gasteiger partial charge is 0.357 e. The Bertz CT molecular complexity index is 464. The van der Waals surface area contributed by atoms with Crippen LogP contribution in [0.15, 0.2) is 35.3 Å². The molecule has 0 amide bonds. The van der Waals surface area contributed by atoms with Crippen LogP contribution in [0, 0.1) is 5.92 Å². The topological polar surface area (TPSA) is 39.7 Å². The van der Waals surface area contributed by atoms with Crippen LogP contribution in [-0.2, 0) is 6.42 Å². The SMILES string of the molecule is CCNC(=NCCC1CCN(CC)CC1)NCCc1ccccc1. The van der Waals surface area contributed by atoms with Gasteiger partial charge in [0.1, 0.15) is 0 Å². The van der Waals surface area contributed by atoms with Crippen LogP contribution in [0.25, 0.3) is 0 Å². The third-order valence-corrected chi connectivity index (χ3v) is 4.85. The highest BCUT2D eigenvalue weighted by atomic mass is 15.2. The molecule has 0 saturated carbocycles. The second-order valence-electron chi connectivity index (χ2n) is 6.59. The number of nitrogens with zero attached hydrogens (tertiary/aromatic N) is 2. The van der Waals surface area contributed by atoms with Crippen molar-refractivity contribution in [3.63, 3.8) is 0 Å². The van der Waals surface area contributed by atoms with Gasteiger partial charge in [0.15, 0.2) is 5.96 Å². The molecule has 1 saturated heterocycles. The van der Waals surface area contributed by atoms with E-state index in [1.807, 2.05) is 0 Å². The summed E-state index contributed by atoms with van der Waals surface area (Å²) in [7, 11) is 0. The molecule has 2 N–H and O–H groups in total. The minimum absolute atomic E-state index is 0.851. The summed E-state index contributed by atoms with van der Waals surface area (Å²) in [4.78, 5) is 7.31. The Balaban J connectivity index is 1.68. The van der Waals surface area contributed by atoms with Gasteiger partial charge in [0.25, 0.3) is 0 Å². The Hall–Kier alpha value is -1.55. The third kappa shape index (κ3) is 6.91. The molecule has 1 aromatic carbocycles. The molecule has 4 nitrogen and oxygen atoms in total. The number of piperidine rings is 1. The van der Waals surface area contributed by atoms with Crippen molar-refractivity contribution in [1.29, 1.82) is 0 Å². The van der Waals surface area contributed by atoms with E-state index in [4.69, 9.17) is 4.99 Å². The van der Waals surface area contributed by atoms with Crippen molar-refractivity contribution < 1.29 is 0 Å². The summed E-state index contributed by atoms with van der Waals surface area (Å²) in [6.07, 6.45) is 4.91. The Labute approximate surface area is 147 Å². The van der Waals surface area contributed by atoms with Crippen LogP contribution in [0.4, 0.5) is 0 Å². The molecule has 1 aromatic rings. The molecule has 1 aliphatic heterocycles. The van der Waals surface area contributed by atoms with Crippen molar-refractivity contribution in [2.24, 2.45) is 10.9 Å². The second-order valence-corrected chi connectivity index (χ2v) is 6.59. The average Bonchev–Trinajstić information content (AvgIpc) is 2.63. The highest BCUT2D eigenvalue weighted by Crippen LogP contribution is 2.19. The fourth-order valence-electron chi connectivity index (χ4n) is 3.26. The van der Waals surface area contributed by atoms with Crippen molar-refractivity contribution in [2.75, 3.05) is 39.3 Å². The summed E-state index contributed by atoms with van der Waals surface area (Å²) in [5.74, 6) is 1.81. The average molecular weight is 331 g/mol. The van der Waals surface area contributed by atoms with Crippen LogP contribution >= 0.6 is 0 Å². The lowest BCUT2D eigenvalue weighted by molar-refractivity contribution is 0.188. The zero-order chi connectivity index (χ0) is 17.0. The van der Waals surface area contributed by atoms with E-state index in [1.54, 1.807) is 0 Å². The predicted molar refractivity (Wildman–Crippen MR) is 104 cm³/mol. The number of nitrogens with one attached hydrogen (secondary N) is 2. The molecule has 0 aromatic heterocycles. The lowest BCUT2D eigenvalue weighted by Crippen LogP contribution is -2.38. The van der Waals surface area contributed by atoms with Gasteiger partial charge in [-0.05, 0) is 63.7 Å². The molecule has 1 aliphatic rings. The molecule has 0 radical (unpaired) electrons. The number of likely N-dealkylation sites (tertiary alicyclic amines) is 1. The smallest absolute Gasteiger partial charge is 0.191 e. The van der Waals surface area contributed by atoms with Crippen molar-refractivity contribution in [1.82, 2.24) is 15.5 Å². The number of rotatable bonds is 8. The minimum Gasteiger partial charge on any atom is -0.357 e. The molecule has 0 spiro atoms. The van der Waals surface area contributed by atoms with E-state index in [0.717, 1.165) is 37.9 Å². The zero-order valence-corrected chi connectivity index (χ0v) is 15.4. The number of benzene rings is 1. The molecule has 1 fully saturated rings. The first kappa shape index (κ1) is 18.8. The van der Waals surface area contributed by atoms with Crippen LogP contribution in [0.3, 0.4) is 0 Å².